The predicted octanol–water partition coefficient (Wildman–Crippen LogP) is 1.75. The average molecular weight is 328 g/mol. The molecule has 0 spiro atoms. The van der Waals surface area contributed by atoms with Crippen LogP contribution in [0.2, 0.25) is 0 Å². The van der Waals surface area contributed by atoms with E-state index in [2.05, 4.69) is 41.8 Å². The number of nitrogens with one attached hydrogen (secondary N) is 3. The van der Waals surface area contributed by atoms with Crippen LogP contribution in [0.3, 0.4) is 0 Å². The van der Waals surface area contributed by atoms with Crippen molar-refractivity contribution in [1.29, 1.82) is 0 Å². The first-order valence-electron chi connectivity index (χ1n) is 6.42. The predicted molar refractivity (Wildman–Crippen MR) is 78.2 cm³/mol. The summed E-state index contributed by atoms with van der Waals surface area (Å²) in [5.74, 6) is 1.45. The molecule has 104 valence electrons. The van der Waals surface area contributed by atoms with Crippen LogP contribution in [0.25, 0.3) is 0 Å². The van der Waals surface area contributed by atoms with Gasteiger partial charge in [-0.2, -0.15) is 4.98 Å². The van der Waals surface area contributed by atoms with E-state index in [9.17, 15) is 4.79 Å². The van der Waals surface area contributed by atoms with Crippen LogP contribution >= 0.6 is 15.9 Å². The molecule has 0 aliphatic heterocycles. The van der Waals surface area contributed by atoms with Crippen molar-refractivity contribution in [3.05, 3.63) is 10.7 Å². The van der Waals surface area contributed by atoms with Gasteiger partial charge in [-0.3, -0.25) is 4.79 Å². The van der Waals surface area contributed by atoms with Gasteiger partial charge in [0, 0.05) is 32.3 Å². The quantitative estimate of drug-likeness (QED) is 0.665. The first kappa shape index (κ1) is 14.0. The van der Waals surface area contributed by atoms with Crippen molar-refractivity contribution < 1.29 is 4.79 Å². The van der Waals surface area contributed by atoms with Crippen LogP contribution in [-0.2, 0) is 4.79 Å². The molecule has 1 heterocycles. The largest absolute Gasteiger partial charge is 0.369 e. The molecule has 7 heteroatoms. The van der Waals surface area contributed by atoms with Crippen LogP contribution in [0.5, 0.6) is 0 Å². The van der Waals surface area contributed by atoms with Gasteiger partial charge in [0.25, 0.3) is 0 Å². The second-order valence-corrected chi connectivity index (χ2v) is 5.37. The van der Waals surface area contributed by atoms with Gasteiger partial charge < -0.3 is 16.0 Å². The molecule has 6 nitrogen and oxygen atoms in total. The molecule has 19 heavy (non-hydrogen) atoms. The van der Waals surface area contributed by atoms with Gasteiger partial charge >= 0.3 is 0 Å². The summed E-state index contributed by atoms with van der Waals surface area (Å²) < 4.78 is 0.814. The second kappa shape index (κ2) is 6.70. The molecule has 3 N–H and O–H groups in total. The molecule has 1 fully saturated rings. The Kier molecular flexibility index (Phi) is 4.95. The Morgan fingerprint density at radius 1 is 1.53 bits per heavy atom. The Hall–Kier alpha value is -1.37. The average Bonchev–Trinajstić information content (AvgIpc) is 3.20. The van der Waals surface area contributed by atoms with Gasteiger partial charge in [0.05, 0.1) is 4.47 Å². The zero-order chi connectivity index (χ0) is 13.7. The standard InChI is InChI=1S/C12H18BrN5O/c1-14-12-16-7-9(13)11(18-12)15-6-2-3-10(19)17-8-4-5-8/h7-8H,2-6H2,1H3,(H,17,19)(H2,14,15,16,18). The number of hydrogen-bond acceptors (Lipinski definition) is 5. The summed E-state index contributed by atoms with van der Waals surface area (Å²) in [6.45, 7) is 0.705. The molecule has 0 atom stereocenters. The van der Waals surface area contributed by atoms with Crippen molar-refractivity contribution in [3.63, 3.8) is 0 Å². The molecule has 1 aromatic rings. The van der Waals surface area contributed by atoms with E-state index < -0.39 is 0 Å². The maximum Gasteiger partial charge on any atom is 0.224 e. The Bertz CT molecular complexity index is 450. The fourth-order valence-corrected chi connectivity index (χ4v) is 1.93. The molecule has 1 aliphatic carbocycles. The van der Waals surface area contributed by atoms with Gasteiger partial charge in [-0.05, 0) is 35.2 Å². The normalized spacial score (nSPS) is 14.0. The van der Waals surface area contributed by atoms with Crippen molar-refractivity contribution in [2.24, 2.45) is 0 Å². The smallest absolute Gasteiger partial charge is 0.224 e. The van der Waals surface area contributed by atoms with Gasteiger partial charge in [0.2, 0.25) is 11.9 Å². The topological polar surface area (TPSA) is 78.9 Å². The van der Waals surface area contributed by atoms with Crippen molar-refractivity contribution in [2.45, 2.75) is 31.7 Å². The highest BCUT2D eigenvalue weighted by atomic mass is 79.9. The van der Waals surface area contributed by atoms with Gasteiger partial charge in [-0.15, -0.1) is 0 Å². The van der Waals surface area contributed by atoms with E-state index in [-0.39, 0.29) is 5.91 Å². The van der Waals surface area contributed by atoms with Gasteiger partial charge in [0.1, 0.15) is 5.82 Å². The summed E-state index contributed by atoms with van der Waals surface area (Å²) in [6.07, 6.45) is 5.28. The fourth-order valence-electron chi connectivity index (χ4n) is 1.59. The molecular weight excluding hydrogens is 310 g/mol. The number of amides is 1. The van der Waals surface area contributed by atoms with E-state index in [1.54, 1.807) is 13.2 Å². The van der Waals surface area contributed by atoms with E-state index in [4.69, 9.17) is 0 Å². The van der Waals surface area contributed by atoms with Crippen LogP contribution < -0.4 is 16.0 Å². The van der Waals surface area contributed by atoms with Crippen molar-refractivity contribution in [3.8, 4) is 0 Å². The molecule has 1 amide bonds. The molecule has 0 aromatic carbocycles. The van der Waals surface area contributed by atoms with Crippen molar-refractivity contribution in [2.75, 3.05) is 24.2 Å². The number of rotatable bonds is 7. The number of carbonyl (C=O) groups is 1. The molecule has 0 saturated heterocycles. The molecule has 0 unspecified atom stereocenters. The van der Waals surface area contributed by atoms with Crippen LogP contribution in [0, 0.1) is 0 Å². The number of aromatic nitrogens is 2. The number of hydrogen-bond donors (Lipinski definition) is 3. The summed E-state index contributed by atoms with van der Waals surface area (Å²) in [6, 6.07) is 0.439. The lowest BCUT2D eigenvalue weighted by Crippen LogP contribution is -2.25. The number of nitrogens with zero attached hydrogens (tertiary/aromatic N) is 2. The zero-order valence-corrected chi connectivity index (χ0v) is 12.5. The SMILES string of the molecule is CNc1ncc(Br)c(NCCCC(=O)NC2CC2)n1. The second-order valence-electron chi connectivity index (χ2n) is 4.51. The molecule has 0 radical (unpaired) electrons. The highest BCUT2D eigenvalue weighted by molar-refractivity contribution is 9.10. The minimum absolute atomic E-state index is 0.141. The van der Waals surface area contributed by atoms with Gasteiger partial charge in [0.15, 0.2) is 0 Å². The molecule has 0 bridgehead atoms. The van der Waals surface area contributed by atoms with Crippen LogP contribution in [0.15, 0.2) is 10.7 Å². The molecule has 2 rings (SSSR count). The van der Waals surface area contributed by atoms with Crippen LogP contribution in [0.4, 0.5) is 11.8 Å². The summed E-state index contributed by atoms with van der Waals surface area (Å²) in [4.78, 5) is 19.9. The fraction of sp³-hybridized carbons (Fsp3) is 0.583. The third kappa shape index (κ3) is 4.66. The highest BCUT2D eigenvalue weighted by Gasteiger charge is 2.22. The monoisotopic (exact) mass is 327 g/mol. The molecule has 1 aliphatic rings. The van der Waals surface area contributed by atoms with E-state index in [0.717, 1.165) is 29.6 Å². The first-order chi connectivity index (χ1) is 9.19. The lowest BCUT2D eigenvalue weighted by molar-refractivity contribution is -0.121. The maximum atomic E-state index is 11.5. The Morgan fingerprint density at radius 3 is 3.00 bits per heavy atom. The number of carbonyl (C=O) groups excluding carboxylic acids is 1. The van der Waals surface area contributed by atoms with Crippen molar-refractivity contribution >= 4 is 33.6 Å². The van der Waals surface area contributed by atoms with Crippen LogP contribution in [0.1, 0.15) is 25.7 Å². The summed E-state index contributed by atoms with van der Waals surface area (Å²) >= 11 is 3.39. The van der Waals surface area contributed by atoms with Gasteiger partial charge in [-0.1, -0.05) is 0 Å². The summed E-state index contributed by atoms with van der Waals surface area (Å²) in [5, 5.41) is 9.05. The third-order valence-corrected chi connectivity index (χ3v) is 3.36. The Morgan fingerprint density at radius 2 is 2.32 bits per heavy atom. The van der Waals surface area contributed by atoms with E-state index in [1.807, 2.05) is 0 Å². The van der Waals surface area contributed by atoms with E-state index >= 15 is 0 Å². The number of anilines is 2. The summed E-state index contributed by atoms with van der Waals surface area (Å²) in [7, 11) is 1.77. The molecular formula is C12H18BrN5O. The molecule has 1 saturated carbocycles. The Labute approximate surface area is 120 Å². The molecule has 1 aromatic heterocycles. The Balaban J connectivity index is 1.70. The number of halogens is 1. The summed E-state index contributed by atoms with van der Waals surface area (Å²) in [5.41, 5.74) is 0. The van der Waals surface area contributed by atoms with Crippen LogP contribution in [-0.4, -0.2) is 35.5 Å². The maximum absolute atomic E-state index is 11.5. The third-order valence-electron chi connectivity index (χ3n) is 2.78. The van der Waals surface area contributed by atoms with Gasteiger partial charge in [-0.25, -0.2) is 4.98 Å². The zero-order valence-electron chi connectivity index (χ0n) is 10.9. The van der Waals surface area contributed by atoms with E-state index in [0.29, 0.717) is 25.0 Å². The van der Waals surface area contributed by atoms with E-state index in [1.165, 1.54) is 0 Å². The highest BCUT2D eigenvalue weighted by Crippen LogP contribution is 2.20. The minimum atomic E-state index is 0.141. The van der Waals surface area contributed by atoms with Crippen molar-refractivity contribution in [1.82, 2.24) is 15.3 Å². The first-order valence-corrected chi connectivity index (χ1v) is 7.22. The minimum Gasteiger partial charge on any atom is -0.369 e. The lowest BCUT2D eigenvalue weighted by Gasteiger charge is -2.08. The lowest BCUT2D eigenvalue weighted by atomic mass is 10.3.